The van der Waals surface area contributed by atoms with Crippen molar-refractivity contribution >= 4 is 39.1 Å². The highest BCUT2D eigenvalue weighted by atomic mass is 35.5. The second-order valence-corrected chi connectivity index (χ2v) is 10.9. The SMILES string of the molecule is CNC(=O)[C@@H](Cc1ccccc1)N(Cc1ccc(Cl)cc1)C(=O)CN(c1ccccc1C)S(C)(=O)=O. The van der Waals surface area contributed by atoms with E-state index >= 15 is 0 Å². The zero-order valence-corrected chi connectivity index (χ0v) is 22.1. The fourth-order valence-electron chi connectivity index (χ4n) is 3.95. The van der Waals surface area contributed by atoms with Gasteiger partial charge in [-0.25, -0.2) is 8.42 Å². The monoisotopic (exact) mass is 527 g/mol. The largest absolute Gasteiger partial charge is 0.357 e. The molecule has 2 amide bonds. The minimum Gasteiger partial charge on any atom is -0.357 e. The molecule has 0 radical (unpaired) electrons. The van der Waals surface area contributed by atoms with Gasteiger partial charge >= 0.3 is 0 Å². The summed E-state index contributed by atoms with van der Waals surface area (Å²) >= 11 is 6.04. The minimum atomic E-state index is -3.79. The van der Waals surface area contributed by atoms with Gasteiger partial charge in [0.25, 0.3) is 0 Å². The second kappa shape index (κ2) is 12.1. The normalized spacial score (nSPS) is 12.0. The Kier molecular flexibility index (Phi) is 9.12. The molecule has 9 heteroatoms. The van der Waals surface area contributed by atoms with E-state index in [9.17, 15) is 18.0 Å². The van der Waals surface area contributed by atoms with Crippen LogP contribution in [0.25, 0.3) is 0 Å². The van der Waals surface area contributed by atoms with Crippen molar-refractivity contribution in [1.82, 2.24) is 10.2 Å². The quantitative estimate of drug-likeness (QED) is 0.434. The summed E-state index contributed by atoms with van der Waals surface area (Å²) in [6.45, 7) is 1.44. The molecule has 0 heterocycles. The smallest absolute Gasteiger partial charge is 0.244 e. The molecule has 0 aliphatic heterocycles. The van der Waals surface area contributed by atoms with E-state index < -0.39 is 28.5 Å². The Balaban J connectivity index is 2.03. The van der Waals surface area contributed by atoms with E-state index in [0.29, 0.717) is 16.3 Å². The van der Waals surface area contributed by atoms with Crippen LogP contribution >= 0.6 is 11.6 Å². The molecule has 0 spiro atoms. The summed E-state index contributed by atoms with van der Waals surface area (Å²) in [5.74, 6) is -0.842. The molecule has 0 bridgehead atoms. The van der Waals surface area contributed by atoms with Crippen LogP contribution in [-0.4, -0.2) is 51.0 Å². The maximum Gasteiger partial charge on any atom is 0.244 e. The fourth-order valence-corrected chi connectivity index (χ4v) is 4.98. The molecule has 0 saturated carbocycles. The number of nitrogens with one attached hydrogen (secondary N) is 1. The van der Waals surface area contributed by atoms with Crippen LogP contribution in [0.5, 0.6) is 0 Å². The molecular weight excluding hydrogens is 498 g/mol. The third-order valence-corrected chi connectivity index (χ3v) is 7.23. The van der Waals surface area contributed by atoms with Crippen molar-refractivity contribution in [2.24, 2.45) is 0 Å². The first-order chi connectivity index (χ1) is 17.1. The zero-order valence-electron chi connectivity index (χ0n) is 20.5. The van der Waals surface area contributed by atoms with Gasteiger partial charge in [-0.15, -0.1) is 0 Å². The van der Waals surface area contributed by atoms with Crippen LogP contribution in [0.1, 0.15) is 16.7 Å². The van der Waals surface area contributed by atoms with E-state index in [4.69, 9.17) is 11.6 Å². The summed E-state index contributed by atoms with van der Waals surface area (Å²) in [7, 11) is -2.27. The minimum absolute atomic E-state index is 0.103. The number of halogens is 1. The average Bonchev–Trinajstić information content (AvgIpc) is 2.85. The Bertz CT molecular complexity index is 1300. The third kappa shape index (κ3) is 7.08. The summed E-state index contributed by atoms with van der Waals surface area (Å²) in [4.78, 5) is 28.3. The van der Waals surface area contributed by atoms with Gasteiger partial charge in [0.1, 0.15) is 12.6 Å². The van der Waals surface area contributed by atoms with Gasteiger partial charge in [-0.3, -0.25) is 13.9 Å². The van der Waals surface area contributed by atoms with Gasteiger partial charge in [-0.05, 0) is 41.8 Å². The van der Waals surface area contributed by atoms with Crippen LogP contribution in [0, 0.1) is 6.92 Å². The van der Waals surface area contributed by atoms with Crippen molar-refractivity contribution in [3.05, 3.63) is 101 Å². The molecule has 190 valence electrons. The molecule has 0 aromatic heterocycles. The van der Waals surface area contributed by atoms with E-state index in [0.717, 1.165) is 21.7 Å². The number of nitrogens with zero attached hydrogens (tertiary/aromatic N) is 2. The Morgan fingerprint density at radius 2 is 1.53 bits per heavy atom. The molecule has 3 aromatic carbocycles. The van der Waals surface area contributed by atoms with E-state index in [-0.39, 0.29) is 18.9 Å². The van der Waals surface area contributed by atoms with Crippen LogP contribution in [0.15, 0.2) is 78.9 Å². The molecule has 0 fully saturated rings. The summed E-state index contributed by atoms with van der Waals surface area (Å²) in [5, 5.41) is 3.20. The lowest BCUT2D eigenvalue weighted by Crippen LogP contribution is -2.53. The lowest BCUT2D eigenvalue weighted by atomic mass is 10.0. The van der Waals surface area contributed by atoms with Gasteiger partial charge in [-0.2, -0.15) is 0 Å². The second-order valence-electron chi connectivity index (χ2n) is 8.52. The van der Waals surface area contributed by atoms with E-state index in [1.54, 1.807) is 55.5 Å². The van der Waals surface area contributed by atoms with Crippen molar-refractivity contribution in [2.45, 2.75) is 25.9 Å². The van der Waals surface area contributed by atoms with E-state index in [2.05, 4.69) is 5.32 Å². The van der Waals surface area contributed by atoms with Crippen LogP contribution in [0.3, 0.4) is 0 Å². The summed E-state index contributed by atoms with van der Waals surface area (Å²) in [6.07, 6.45) is 1.33. The number of likely N-dealkylation sites (N-methyl/N-ethyl adjacent to an activating group) is 1. The van der Waals surface area contributed by atoms with E-state index in [1.807, 2.05) is 30.3 Å². The van der Waals surface area contributed by atoms with Crippen LogP contribution in [0.4, 0.5) is 5.69 Å². The van der Waals surface area contributed by atoms with Gasteiger partial charge < -0.3 is 10.2 Å². The highest BCUT2D eigenvalue weighted by Gasteiger charge is 2.32. The predicted octanol–water partition coefficient (Wildman–Crippen LogP) is 3.80. The maximum atomic E-state index is 13.8. The van der Waals surface area contributed by atoms with Crippen LogP contribution < -0.4 is 9.62 Å². The van der Waals surface area contributed by atoms with Crippen LogP contribution in [0.2, 0.25) is 5.02 Å². The first-order valence-corrected chi connectivity index (χ1v) is 13.7. The summed E-state index contributed by atoms with van der Waals surface area (Å²) in [6, 6.07) is 22.5. The first kappa shape index (κ1) is 27.2. The van der Waals surface area contributed by atoms with Crippen molar-refractivity contribution in [2.75, 3.05) is 24.2 Å². The Morgan fingerprint density at radius 3 is 2.11 bits per heavy atom. The lowest BCUT2D eigenvalue weighted by molar-refractivity contribution is -0.139. The predicted molar refractivity (Wildman–Crippen MR) is 143 cm³/mol. The number of carbonyl (C=O) groups excluding carboxylic acids is 2. The van der Waals surface area contributed by atoms with Crippen molar-refractivity contribution in [3.8, 4) is 0 Å². The standard InChI is InChI=1S/C27H30ClN3O4S/c1-20-9-7-8-12-24(20)31(36(3,34)35)19-26(32)30(18-22-13-15-23(28)16-14-22)25(27(33)29-2)17-21-10-5-4-6-11-21/h4-16,25H,17-19H2,1-3H3,(H,29,33)/t25-/m1/s1. The summed E-state index contributed by atoms with van der Waals surface area (Å²) in [5.41, 5.74) is 2.77. The molecule has 0 aliphatic rings. The van der Waals surface area contributed by atoms with Gasteiger partial charge in [0.05, 0.1) is 11.9 Å². The topological polar surface area (TPSA) is 86.8 Å². The molecule has 1 atom stereocenters. The highest BCUT2D eigenvalue weighted by molar-refractivity contribution is 7.92. The number of benzene rings is 3. The summed E-state index contributed by atoms with van der Waals surface area (Å²) < 4.78 is 26.6. The molecule has 3 aromatic rings. The molecule has 1 N–H and O–H groups in total. The van der Waals surface area contributed by atoms with Crippen molar-refractivity contribution in [3.63, 3.8) is 0 Å². The number of hydrogen-bond acceptors (Lipinski definition) is 4. The number of hydrogen-bond donors (Lipinski definition) is 1. The molecule has 0 aliphatic carbocycles. The molecule has 0 unspecified atom stereocenters. The zero-order chi connectivity index (χ0) is 26.3. The highest BCUT2D eigenvalue weighted by Crippen LogP contribution is 2.23. The molecule has 7 nitrogen and oxygen atoms in total. The number of rotatable bonds is 10. The Labute approximate surface area is 217 Å². The number of anilines is 1. The van der Waals surface area contributed by atoms with Crippen LogP contribution in [-0.2, 0) is 32.6 Å². The number of carbonyl (C=O) groups is 2. The number of aryl methyl sites for hydroxylation is 1. The van der Waals surface area contributed by atoms with Gasteiger partial charge in [0.2, 0.25) is 21.8 Å². The Morgan fingerprint density at radius 1 is 0.917 bits per heavy atom. The number of amides is 2. The third-order valence-electron chi connectivity index (χ3n) is 5.85. The van der Waals surface area contributed by atoms with Gasteiger partial charge in [-0.1, -0.05) is 72.3 Å². The average molecular weight is 528 g/mol. The van der Waals surface area contributed by atoms with Crippen molar-refractivity contribution < 1.29 is 18.0 Å². The molecule has 0 saturated heterocycles. The van der Waals surface area contributed by atoms with Gasteiger partial charge in [0, 0.05) is 25.0 Å². The lowest BCUT2D eigenvalue weighted by Gasteiger charge is -2.33. The first-order valence-electron chi connectivity index (χ1n) is 11.4. The molecule has 3 rings (SSSR count). The fraction of sp³-hybridized carbons (Fsp3) is 0.259. The Hall–Kier alpha value is -3.36. The van der Waals surface area contributed by atoms with E-state index in [1.165, 1.54) is 11.9 Å². The molecular formula is C27H30ClN3O4S. The van der Waals surface area contributed by atoms with Crippen molar-refractivity contribution in [1.29, 1.82) is 0 Å². The maximum absolute atomic E-state index is 13.8. The number of para-hydroxylation sites is 1. The van der Waals surface area contributed by atoms with Gasteiger partial charge in [0.15, 0.2) is 0 Å². The molecule has 36 heavy (non-hydrogen) atoms. The number of sulfonamides is 1.